The largest absolute Gasteiger partial charge is 0.437 e. The zero-order valence-electron chi connectivity index (χ0n) is 9.88. The lowest BCUT2D eigenvalue weighted by Crippen LogP contribution is -2.09. The summed E-state index contributed by atoms with van der Waals surface area (Å²) >= 11 is 11.8. The van der Waals surface area contributed by atoms with Crippen molar-refractivity contribution in [3.63, 3.8) is 0 Å². The van der Waals surface area contributed by atoms with E-state index in [-0.39, 0.29) is 27.6 Å². The van der Waals surface area contributed by atoms with Crippen LogP contribution in [0.5, 0.6) is 11.6 Å². The molecule has 0 aliphatic heterocycles. The summed E-state index contributed by atoms with van der Waals surface area (Å²) in [6.45, 7) is 1.71. The number of nitrogens with two attached hydrogens (primary N) is 1. The number of nitrogens with one attached hydrogen (secondary N) is 1. The van der Waals surface area contributed by atoms with Gasteiger partial charge in [0, 0.05) is 0 Å². The molecule has 1 aromatic heterocycles. The number of hydrazine groups is 1. The van der Waals surface area contributed by atoms with E-state index < -0.39 is 0 Å². The Morgan fingerprint density at radius 3 is 2.63 bits per heavy atom. The zero-order chi connectivity index (χ0) is 14.0. The Hall–Kier alpha value is -1.56. The predicted molar refractivity (Wildman–Crippen MR) is 73.3 cm³/mol. The third-order valence-electron chi connectivity index (χ3n) is 2.38. The summed E-state index contributed by atoms with van der Waals surface area (Å²) in [5.41, 5.74) is 2.95. The van der Waals surface area contributed by atoms with Crippen LogP contribution < -0.4 is 16.0 Å². The average molecular weight is 302 g/mol. The van der Waals surface area contributed by atoms with Gasteiger partial charge in [-0.05, 0) is 36.8 Å². The number of aromatic nitrogens is 1. The van der Waals surface area contributed by atoms with E-state index in [2.05, 4.69) is 10.4 Å². The summed E-state index contributed by atoms with van der Waals surface area (Å²) < 4.78 is 18.5. The molecule has 3 N–H and O–H groups in total. The van der Waals surface area contributed by atoms with Crippen LogP contribution in [0.2, 0.25) is 10.0 Å². The Bertz CT molecular complexity index is 622. The normalized spacial score (nSPS) is 10.4. The topological polar surface area (TPSA) is 60.2 Å². The SMILES string of the molecule is Cc1cc(F)ccc1Oc1nc(NN)c(Cl)cc1Cl. The van der Waals surface area contributed by atoms with E-state index in [0.717, 1.165) is 0 Å². The molecule has 0 bridgehead atoms. The molecule has 2 aromatic rings. The van der Waals surface area contributed by atoms with E-state index in [0.29, 0.717) is 11.3 Å². The number of rotatable bonds is 3. The molecule has 0 saturated heterocycles. The van der Waals surface area contributed by atoms with E-state index in [1.807, 2.05) is 0 Å². The van der Waals surface area contributed by atoms with Crippen molar-refractivity contribution in [2.45, 2.75) is 6.92 Å². The van der Waals surface area contributed by atoms with Crippen molar-refractivity contribution < 1.29 is 9.13 Å². The minimum Gasteiger partial charge on any atom is -0.437 e. The van der Waals surface area contributed by atoms with Gasteiger partial charge in [-0.15, -0.1) is 0 Å². The summed E-state index contributed by atoms with van der Waals surface area (Å²) in [4.78, 5) is 4.03. The van der Waals surface area contributed by atoms with Gasteiger partial charge in [0.1, 0.15) is 16.6 Å². The molecule has 0 aliphatic carbocycles. The van der Waals surface area contributed by atoms with Gasteiger partial charge in [0.2, 0.25) is 5.88 Å². The van der Waals surface area contributed by atoms with Gasteiger partial charge in [-0.1, -0.05) is 23.2 Å². The molecule has 0 aliphatic rings. The van der Waals surface area contributed by atoms with Crippen molar-refractivity contribution in [2.24, 2.45) is 5.84 Å². The molecular weight excluding hydrogens is 292 g/mol. The fourth-order valence-corrected chi connectivity index (χ4v) is 1.91. The molecule has 0 saturated carbocycles. The fourth-order valence-electron chi connectivity index (χ4n) is 1.45. The van der Waals surface area contributed by atoms with Crippen LogP contribution in [0.3, 0.4) is 0 Å². The molecule has 2 rings (SSSR count). The van der Waals surface area contributed by atoms with Gasteiger partial charge < -0.3 is 10.2 Å². The third kappa shape index (κ3) is 3.07. The third-order valence-corrected chi connectivity index (χ3v) is 2.94. The average Bonchev–Trinajstić information content (AvgIpc) is 2.35. The molecule has 4 nitrogen and oxygen atoms in total. The molecule has 0 radical (unpaired) electrons. The molecule has 0 amide bonds. The van der Waals surface area contributed by atoms with Crippen molar-refractivity contribution in [3.8, 4) is 11.6 Å². The second-order valence-electron chi connectivity index (χ2n) is 3.76. The summed E-state index contributed by atoms with van der Waals surface area (Å²) in [6, 6.07) is 5.59. The van der Waals surface area contributed by atoms with E-state index in [1.54, 1.807) is 6.92 Å². The highest BCUT2D eigenvalue weighted by Crippen LogP contribution is 2.34. The quantitative estimate of drug-likeness (QED) is 0.666. The first-order valence-electron chi connectivity index (χ1n) is 5.28. The van der Waals surface area contributed by atoms with Gasteiger partial charge in [-0.2, -0.15) is 4.98 Å². The van der Waals surface area contributed by atoms with Gasteiger partial charge >= 0.3 is 0 Å². The van der Waals surface area contributed by atoms with Crippen LogP contribution in [-0.4, -0.2) is 4.98 Å². The van der Waals surface area contributed by atoms with Gasteiger partial charge in [0.25, 0.3) is 0 Å². The molecule has 19 heavy (non-hydrogen) atoms. The lowest BCUT2D eigenvalue weighted by molar-refractivity contribution is 0.458. The minimum atomic E-state index is -0.343. The standard InChI is InChI=1S/C12H10Cl2FN3O/c1-6-4-7(15)2-3-10(6)19-12-9(14)5-8(13)11(17-12)18-16/h2-5H,16H2,1H3,(H,17,18). The number of pyridine rings is 1. The lowest BCUT2D eigenvalue weighted by Gasteiger charge is -2.11. The van der Waals surface area contributed by atoms with E-state index in [1.165, 1.54) is 24.3 Å². The molecule has 1 aromatic carbocycles. The Morgan fingerprint density at radius 2 is 2.00 bits per heavy atom. The molecule has 100 valence electrons. The van der Waals surface area contributed by atoms with Crippen molar-refractivity contribution in [2.75, 3.05) is 5.43 Å². The molecule has 0 atom stereocenters. The van der Waals surface area contributed by atoms with Gasteiger partial charge in [0.05, 0.1) is 5.02 Å². The number of halogens is 3. The van der Waals surface area contributed by atoms with Crippen LogP contribution >= 0.6 is 23.2 Å². The van der Waals surface area contributed by atoms with E-state index >= 15 is 0 Å². The van der Waals surface area contributed by atoms with Gasteiger partial charge in [0.15, 0.2) is 5.82 Å². The molecular formula is C12H10Cl2FN3O. The van der Waals surface area contributed by atoms with Gasteiger partial charge in [-0.3, -0.25) is 0 Å². The second-order valence-corrected chi connectivity index (χ2v) is 4.58. The first kappa shape index (κ1) is 13.9. The van der Waals surface area contributed by atoms with Crippen LogP contribution in [-0.2, 0) is 0 Å². The van der Waals surface area contributed by atoms with Crippen LogP contribution in [0.4, 0.5) is 10.2 Å². The summed E-state index contributed by atoms with van der Waals surface area (Å²) in [6.07, 6.45) is 0. The monoisotopic (exact) mass is 301 g/mol. The Labute approximate surface area is 119 Å². The maximum Gasteiger partial charge on any atom is 0.240 e. The maximum atomic E-state index is 13.0. The van der Waals surface area contributed by atoms with Gasteiger partial charge in [-0.25, -0.2) is 10.2 Å². The predicted octanol–water partition coefficient (Wildman–Crippen LogP) is 3.91. The molecule has 7 heteroatoms. The lowest BCUT2D eigenvalue weighted by atomic mass is 10.2. The highest BCUT2D eigenvalue weighted by atomic mass is 35.5. The number of nitrogen functional groups attached to an aromatic ring is 1. The first-order valence-corrected chi connectivity index (χ1v) is 6.03. The minimum absolute atomic E-state index is 0.133. The van der Waals surface area contributed by atoms with Crippen LogP contribution in [0, 0.1) is 12.7 Å². The molecule has 1 heterocycles. The van der Waals surface area contributed by atoms with Crippen LogP contribution in [0.1, 0.15) is 5.56 Å². The number of benzene rings is 1. The first-order chi connectivity index (χ1) is 9.01. The van der Waals surface area contributed by atoms with Crippen molar-refractivity contribution in [1.29, 1.82) is 0 Å². The highest BCUT2D eigenvalue weighted by molar-refractivity contribution is 6.36. The number of ether oxygens (including phenoxy) is 1. The number of anilines is 1. The molecule has 0 spiro atoms. The number of aryl methyl sites for hydroxylation is 1. The smallest absolute Gasteiger partial charge is 0.240 e. The van der Waals surface area contributed by atoms with Crippen molar-refractivity contribution in [1.82, 2.24) is 4.98 Å². The second kappa shape index (κ2) is 5.61. The van der Waals surface area contributed by atoms with Crippen molar-refractivity contribution in [3.05, 3.63) is 45.7 Å². The maximum absolute atomic E-state index is 13.0. The zero-order valence-corrected chi connectivity index (χ0v) is 11.4. The number of hydrogen-bond acceptors (Lipinski definition) is 4. The Kier molecular flexibility index (Phi) is 4.09. The highest BCUT2D eigenvalue weighted by Gasteiger charge is 2.12. The van der Waals surface area contributed by atoms with Crippen molar-refractivity contribution >= 4 is 29.0 Å². The van der Waals surface area contributed by atoms with Crippen LogP contribution in [0.25, 0.3) is 0 Å². The summed E-state index contributed by atoms with van der Waals surface area (Å²) in [5, 5.41) is 0.503. The van der Waals surface area contributed by atoms with E-state index in [4.69, 9.17) is 33.8 Å². The fraction of sp³-hybridized carbons (Fsp3) is 0.0833. The Balaban J connectivity index is 2.37. The Morgan fingerprint density at radius 1 is 1.26 bits per heavy atom. The summed E-state index contributed by atoms with van der Waals surface area (Å²) in [5.74, 6) is 5.74. The number of nitrogens with zero attached hydrogens (tertiary/aromatic N) is 1. The summed E-state index contributed by atoms with van der Waals surface area (Å²) in [7, 11) is 0. The van der Waals surface area contributed by atoms with E-state index in [9.17, 15) is 4.39 Å². The molecule has 0 unspecified atom stereocenters. The molecule has 0 fully saturated rings. The van der Waals surface area contributed by atoms with Crippen LogP contribution in [0.15, 0.2) is 24.3 Å². The number of hydrogen-bond donors (Lipinski definition) is 2.